The van der Waals surface area contributed by atoms with Crippen LogP contribution in [-0.2, 0) is 27.1 Å². The van der Waals surface area contributed by atoms with E-state index in [0.717, 1.165) is 12.8 Å². The van der Waals surface area contributed by atoms with Gasteiger partial charge in [0, 0.05) is 70.4 Å². The van der Waals surface area contributed by atoms with Crippen LogP contribution >= 0.6 is 22.7 Å². The van der Waals surface area contributed by atoms with Gasteiger partial charge in [-0.3, -0.25) is 0 Å². The van der Waals surface area contributed by atoms with Crippen molar-refractivity contribution >= 4 is 132 Å². The SMILES string of the molecule is CC(C)(C)c1ccc2c(c1)B1c3ccc4c(sc5ccc(C(C)(C)C)cc54)c3N(c3ccc(C(C)(C)C)cc3-c3ccccc3)c3cc(N4c5ccc(C(C)(C)C)cc5C5(C)CCCCC45C)cc(c31)N2c1cccc2c1sc1ccccc12. The molecule has 3 nitrogen and oxygen atoms in total. The van der Waals surface area contributed by atoms with Crippen LogP contribution in [0.3, 0.4) is 0 Å². The highest BCUT2D eigenvalue weighted by Crippen LogP contribution is 2.63. The average molecular weight is 1130 g/mol. The molecule has 5 heterocycles. The van der Waals surface area contributed by atoms with E-state index in [1.807, 2.05) is 22.7 Å². The van der Waals surface area contributed by atoms with Gasteiger partial charge in [-0.05, 0) is 152 Å². The van der Waals surface area contributed by atoms with Gasteiger partial charge in [-0.2, -0.15) is 0 Å². The molecule has 0 saturated heterocycles. The lowest BCUT2D eigenvalue weighted by atomic mass is 9.33. The largest absolute Gasteiger partial charge is 0.334 e. The van der Waals surface area contributed by atoms with Crippen molar-refractivity contribution in [1.82, 2.24) is 0 Å². The summed E-state index contributed by atoms with van der Waals surface area (Å²) in [6.07, 6.45) is 4.70. The van der Waals surface area contributed by atoms with Crippen molar-refractivity contribution in [2.75, 3.05) is 14.7 Å². The maximum absolute atomic E-state index is 2.86. The molecule has 420 valence electrons. The van der Waals surface area contributed by atoms with Crippen molar-refractivity contribution in [1.29, 1.82) is 0 Å². The maximum atomic E-state index is 2.86. The molecule has 2 atom stereocenters. The van der Waals surface area contributed by atoms with Crippen LogP contribution in [-0.4, -0.2) is 12.3 Å². The molecule has 1 fully saturated rings. The number of nitrogens with zero attached hydrogens (tertiary/aromatic N) is 3. The Kier molecular flexibility index (Phi) is 11.6. The molecule has 0 amide bonds. The zero-order chi connectivity index (χ0) is 58.4. The summed E-state index contributed by atoms with van der Waals surface area (Å²) in [5, 5.41) is 5.28. The zero-order valence-electron chi connectivity index (χ0n) is 51.7. The molecule has 15 rings (SSSR count). The fraction of sp³-hybridized carbons (Fsp3) is 0.308. The predicted molar refractivity (Wildman–Crippen MR) is 369 cm³/mol. The van der Waals surface area contributed by atoms with Gasteiger partial charge < -0.3 is 14.7 Å². The molecule has 6 heteroatoms. The molecular formula is C78H78BN3S2. The number of anilines is 8. The van der Waals surface area contributed by atoms with Crippen molar-refractivity contribution in [3.63, 3.8) is 0 Å². The van der Waals surface area contributed by atoms with Gasteiger partial charge >= 0.3 is 0 Å². The molecule has 2 aromatic heterocycles. The minimum atomic E-state index is -0.195. The van der Waals surface area contributed by atoms with E-state index in [4.69, 9.17) is 0 Å². The third-order valence-electron chi connectivity index (χ3n) is 20.4. The second-order valence-electron chi connectivity index (χ2n) is 29.7. The van der Waals surface area contributed by atoms with E-state index in [1.54, 1.807) is 0 Å². The molecule has 3 aliphatic heterocycles. The van der Waals surface area contributed by atoms with Crippen LogP contribution in [0.25, 0.3) is 51.5 Å². The Labute approximate surface area is 507 Å². The molecule has 11 aromatic rings. The number of thiophene rings is 2. The van der Waals surface area contributed by atoms with Crippen LogP contribution in [0.5, 0.6) is 0 Å². The van der Waals surface area contributed by atoms with Gasteiger partial charge in [-0.1, -0.05) is 212 Å². The van der Waals surface area contributed by atoms with E-state index in [9.17, 15) is 0 Å². The van der Waals surface area contributed by atoms with Crippen molar-refractivity contribution in [3.05, 3.63) is 198 Å². The van der Waals surface area contributed by atoms with Gasteiger partial charge in [0.15, 0.2) is 0 Å². The van der Waals surface area contributed by atoms with Gasteiger partial charge in [0.05, 0.1) is 32.0 Å². The smallest absolute Gasteiger partial charge is 0.252 e. The van der Waals surface area contributed by atoms with Crippen molar-refractivity contribution < 1.29 is 0 Å². The van der Waals surface area contributed by atoms with Crippen LogP contribution in [0.4, 0.5) is 45.5 Å². The van der Waals surface area contributed by atoms with Crippen LogP contribution < -0.4 is 31.1 Å². The summed E-state index contributed by atoms with van der Waals surface area (Å²) in [4.78, 5) is 8.36. The molecule has 0 bridgehead atoms. The summed E-state index contributed by atoms with van der Waals surface area (Å²) >= 11 is 3.91. The lowest BCUT2D eigenvalue weighted by molar-refractivity contribution is 0.195. The highest BCUT2D eigenvalue weighted by atomic mass is 32.1. The summed E-state index contributed by atoms with van der Waals surface area (Å²) in [5.74, 6) is 0. The Morgan fingerprint density at radius 1 is 0.417 bits per heavy atom. The monoisotopic (exact) mass is 1130 g/mol. The fourth-order valence-electron chi connectivity index (χ4n) is 15.4. The second-order valence-corrected chi connectivity index (χ2v) is 31.8. The van der Waals surface area contributed by atoms with Crippen LogP contribution in [0.15, 0.2) is 170 Å². The Morgan fingerprint density at radius 2 is 0.988 bits per heavy atom. The lowest BCUT2D eigenvalue weighted by Crippen LogP contribution is -2.61. The third kappa shape index (κ3) is 7.80. The first-order valence-corrected chi connectivity index (χ1v) is 32.5. The van der Waals surface area contributed by atoms with Gasteiger partial charge in [-0.25, -0.2) is 0 Å². The molecule has 0 N–H and O–H groups in total. The fourth-order valence-corrected chi connectivity index (χ4v) is 17.9. The zero-order valence-corrected chi connectivity index (χ0v) is 53.4. The van der Waals surface area contributed by atoms with Crippen molar-refractivity contribution in [3.8, 4) is 11.1 Å². The molecule has 2 unspecified atom stereocenters. The summed E-state index contributed by atoms with van der Waals surface area (Å²) in [5.41, 5.74) is 23.2. The van der Waals surface area contributed by atoms with E-state index in [0.29, 0.717) is 0 Å². The predicted octanol–water partition coefficient (Wildman–Crippen LogP) is 21.1. The third-order valence-corrected chi connectivity index (χ3v) is 22.8. The van der Waals surface area contributed by atoms with Crippen LogP contribution in [0.2, 0.25) is 0 Å². The topological polar surface area (TPSA) is 9.72 Å². The Bertz CT molecular complexity index is 4550. The minimum absolute atomic E-state index is 0.00395. The first-order valence-electron chi connectivity index (χ1n) is 30.9. The summed E-state index contributed by atoms with van der Waals surface area (Å²) in [7, 11) is 0. The minimum Gasteiger partial charge on any atom is -0.334 e. The maximum Gasteiger partial charge on any atom is 0.252 e. The molecule has 1 aliphatic carbocycles. The lowest BCUT2D eigenvalue weighted by Gasteiger charge is -2.51. The first-order chi connectivity index (χ1) is 39.9. The Hall–Kier alpha value is -7.12. The standard InChI is InChI=1S/C78H78BN3S2/c1-73(2,3)48-29-35-61(56(41-48)47-23-16-15-17-24-47)81-66-46-52(82-62-36-30-50(75(7,8)9)43-58(62)77(13)39-20-21-40-78(77,82)14)45-65-69(66)79(59-34-33-55-57-42-49(74(4,5)6)32-38-68(57)84-72(55)70(59)81)60-44-51(76(10,11)12)31-37-63(60)80(65)64-27-22-26-54-53-25-18-19-28-67(53)83-71(54)64/h15-19,22-38,41-46H,20-21,39-40H2,1-14H3. The average Bonchev–Trinajstić information content (AvgIpc) is 2.12. The Balaban J connectivity index is 1.13. The summed E-state index contributed by atoms with van der Waals surface area (Å²) in [6.45, 7) is 33.6. The number of hydrogen-bond donors (Lipinski definition) is 0. The summed E-state index contributed by atoms with van der Waals surface area (Å²) < 4.78 is 5.29. The molecule has 84 heavy (non-hydrogen) atoms. The van der Waals surface area contributed by atoms with Gasteiger partial charge in [-0.15, -0.1) is 22.7 Å². The van der Waals surface area contributed by atoms with Crippen molar-refractivity contribution in [2.45, 2.75) is 155 Å². The number of hydrogen-bond acceptors (Lipinski definition) is 5. The quantitative estimate of drug-likeness (QED) is 0.163. The number of benzene rings is 9. The van der Waals surface area contributed by atoms with E-state index >= 15 is 0 Å². The molecule has 0 radical (unpaired) electrons. The van der Waals surface area contributed by atoms with Crippen LogP contribution in [0, 0.1) is 0 Å². The highest BCUT2D eigenvalue weighted by Gasteiger charge is 2.58. The van der Waals surface area contributed by atoms with E-state index < -0.39 is 0 Å². The molecular weight excluding hydrogens is 1050 g/mol. The normalized spacial score (nSPS) is 18.6. The molecule has 0 spiro atoms. The van der Waals surface area contributed by atoms with E-state index in [1.165, 1.54) is 154 Å². The second kappa shape index (κ2) is 18.2. The van der Waals surface area contributed by atoms with Crippen LogP contribution in [0.1, 0.15) is 150 Å². The first kappa shape index (κ1) is 53.6. The number of fused-ring (bicyclic) bond motifs is 14. The van der Waals surface area contributed by atoms with Gasteiger partial charge in [0.2, 0.25) is 0 Å². The summed E-state index contributed by atoms with van der Waals surface area (Å²) in [6, 6.07) is 67.6. The highest BCUT2D eigenvalue weighted by molar-refractivity contribution is 7.27. The molecule has 9 aromatic carbocycles. The van der Waals surface area contributed by atoms with Gasteiger partial charge in [0.25, 0.3) is 6.71 Å². The van der Waals surface area contributed by atoms with E-state index in [2.05, 4.69) is 281 Å². The molecule has 1 saturated carbocycles. The van der Waals surface area contributed by atoms with Gasteiger partial charge in [0.1, 0.15) is 0 Å². The number of rotatable bonds is 4. The van der Waals surface area contributed by atoms with Crippen molar-refractivity contribution in [2.24, 2.45) is 0 Å². The molecule has 4 aliphatic rings. The Morgan fingerprint density at radius 3 is 1.71 bits per heavy atom. The van der Waals surface area contributed by atoms with E-state index in [-0.39, 0.29) is 39.3 Å².